The second-order valence-corrected chi connectivity index (χ2v) is 2.51. The molecule has 0 aromatic rings. The maximum atomic E-state index is 10.1. The maximum Gasteiger partial charge on any atom is 1.00 e. The summed E-state index contributed by atoms with van der Waals surface area (Å²) in [6.45, 7) is -0.843. The van der Waals surface area contributed by atoms with Crippen LogP contribution in [-0.2, 0) is 4.79 Å². The van der Waals surface area contributed by atoms with E-state index in [0.29, 0.717) is 0 Å². The topological polar surface area (TPSA) is 138 Å². The summed E-state index contributed by atoms with van der Waals surface area (Å²) < 4.78 is 0. The molecule has 0 fully saturated rings. The molecule has 7 nitrogen and oxygen atoms in total. The SMILES string of the molecule is O=C(O)[C@H](O)[C@@H](O)[C@H](O)[C@H](O)CO.[Na+]. The first kappa shape index (κ1) is 16.7. The maximum absolute atomic E-state index is 10.1. The van der Waals surface area contributed by atoms with Crippen molar-refractivity contribution in [3.8, 4) is 0 Å². The minimum absolute atomic E-state index is 0. The van der Waals surface area contributed by atoms with E-state index in [1.54, 1.807) is 0 Å². The Labute approximate surface area is 102 Å². The van der Waals surface area contributed by atoms with Gasteiger partial charge in [0.25, 0.3) is 0 Å². The molecule has 0 radical (unpaired) electrons. The van der Waals surface area contributed by atoms with Crippen LogP contribution in [0.4, 0.5) is 0 Å². The number of aliphatic carboxylic acids is 1. The minimum atomic E-state index is -2.20. The van der Waals surface area contributed by atoms with Gasteiger partial charge in [-0.3, -0.25) is 0 Å². The Morgan fingerprint density at radius 3 is 1.79 bits per heavy atom. The van der Waals surface area contributed by atoms with Crippen molar-refractivity contribution in [3.05, 3.63) is 0 Å². The summed E-state index contributed by atoms with van der Waals surface area (Å²) in [4.78, 5) is 10.1. The van der Waals surface area contributed by atoms with Crippen molar-refractivity contribution in [1.29, 1.82) is 0 Å². The number of aliphatic hydroxyl groups excluding tert-OH is 5. The zero-order chi connectivity index (χ0) is 10.6. The number of carboxylic acid groups (broad SMARTS) is 1. The standard InChI is InChI=1S/C6H12O7.Na/c7-1-2(8)3(9)4(10)5(11)6(12)13;/h2-5,7-11H,1H2,(H,12,13);/q;+1/t2-,3-,4+,5-;/m1./s1. The summed E-state index contributed by atoms with van der Waals surface area (Å²) in [7, 11) is 0. The second kappa shape index (κ2) is 7.55. The third-order valence-corrected chi connectivity index (χ3v) is 1.51. The summed E-state index contributed by atoms with van der Waals surface area (Å²) in [6.07, 6.45) is -7.84. The number of carbonyl (C=O) groups is 1. The Hall–Kier alpha value is 0.270. The fourth-order valence-corrected chi connectivity index (χ4v) is 0.668. The monoisotopic (exact) mass is 219 g/mol. The minimum Gasteiger partial charge on any atom is -0.479 e. The Balaban J connectivity index is 0. The zero-order valence-electron chi connectivity index (χ0n) is 7.61. The molecule has 0 aliphatic carbocycles. The van der Waals surface area contributed by atoms with Crippen molar-refractivity contribution in [2.75, 3.05) is 6.61 Å². The van der Waals surface area contributed by atoms with E-state index < -0.39 is 37.0 Å². The average molecular weight is 219 g/mol. The van der Waals surface area contributed by atoms with Crippen LogP contribution in [0.3, 0.4) is 0 Å². The number of aliphatic hydroxyl groups is 5. The molecule has 0 aliphatic rings. The van der Waals surface area contributed by atoms with E-state index >= 15 is 0 Å². The summed E-state index contributed by atoms with van der Waals surface area (Å²) in [6, 6.07) is 0. The van der Waals surface area contributed by atoms with Crippen LogP contribution in [0.15, 0.2) is 0 Å². The first-order chi connectivity index (χ1) is 5.91. The molecule has 14 heavy (non-hydrogen) atoms. The zero-order valence-corrected chi connectivity index (χ0v) is 9.61. The van der Waals surface area contributed by atoms with Gasteiger partial charge in [0.2, 0.25) is 0 Å². The van der Waals surface area contributed by atoms with Crippen LogP contribution in [0.5, 0.6) is 0 Å². The van der Waals surface area contributed by atoms with Crippen LogP contribution in [0.2, 0.25) is 0 Å². The first-order valence-electron chi connectivity index (χ1n) is 3.47. The molecule has 0 heterocycles. The Bertz CT molecular complexity index is 176. The Morgan fingerprint density at radius 1 is 1.07 bits per heavy atom. The van der Waals surface area contributed by atoms with Gasteiger partial charge in [-0.15, -0.1) is 0 Å². The third-order valence-electron chi connectivity index (χ3n) is 1.51. The summed E-state index contributed by atoms with van der Waals surface area (Å²) in [5, 5.41) is 51.8. The van der Waals surface area contributed by atoms with Gasteiger partial charge in [0, 0.05) is 0 Å². The smallest absolute Gasteiger partial charge is 0.479 e. The van der Waals surface area contributed by atoms with Crippen molar-refractivity contribution >= 4 is 5.97 Å². The molecule has 8 heteroatoms. The molecule has 0 bridgehead atoms. The predicted molar refractivity (Wildman–Crippen MR) is 38.7 cm³/mol. The van der Waals surface area contributed by atoms with E-state index in [-0.39, 0.29) is 29.6 Å². The number of rotatable bonds is 5. The molecular formula is C6H12NaO7+. The molecule has 0 aromatic heterocycles. The quantitative estimate of drug-likeness (QED) is 0.253. The normalized spacial score (nSPS) is 18.9. The van der Waals surface area contributed by atoms with E-state index in [1.807, 2.05) is 0 Å². The molecule has 6 N–H and O–H groups in total. The number of hydrogen-bond donors (Lipinski definition) is 6. The molecule has 4 atom stereocenters. The van der Waals surface area contributed by atoms with Gasteiger partial charge in [0.1, 0.15) is 18.3 Å². The molecule has 78 valence electrons. The van der Waals surface area contributed by atoms with Crippen LogP contribution < -0.4 is 29.6 Å². The van der Waals surface area contributed by atoms with Crippen LogP contribution in [0, 0.1) is 0 Å². The molecule has 0 aromatic carbocycles. The van der Waals surface area contributed by atoms with E-state index in [2.05, 4.69) is 0 Å². The van der Waals surface area contributed by atoms with Gasteiger partial charge < -0.3 is 30.6 Å². The summed E-state index contributed by atoms with van der Waals surface area (Å²) >= 11 is 0. The van der Waals surface area contributed by atoms with Crippen LogP contribution in [0.1, 0.15) is 0 Å². The molecule has 0 rings (SSSR count). The van der Waals surface area contributed by atoms with Gasteiger partial charge in [-0.2, -0.15) is 0 Å². The van der Waals surface area contributed by atoms with Gasteiger partial charge in [-0.05, 0) is 0 Å². The van der Waals surface area contributed by atoms with Gasteiger partial charge >= 0.3 is 35.5 Å². The van der Waals surface area contributed by atoms with Gasteiger partial charge in [0.05, 0.1) is 6.61 Å². The Kier molecular flexibility index (Phi) is 9.00. The molecule has 0 unspecified atom stereocenters. The number of carboxylic acids is 1. The van der Waals surface area contributed by atoms with Crippen molar-refractivity contribution < 1.29 is 65.0 Å². The third kappa shape index (κ3) is 4.67. The largest absolute Gasteiger partial charge is 1.00 e. The van der Waals surface area contributed by atoms with Gasteiger partial charge in [-0.25, -0.2) is 4.79 Å². The molecule has 0 saturated heterocycles. The fraction of sp³-hybridized carbons (Fsp3) is 0.833. The molecular weight excluding hydrogens is 207 g/mol. The summed E-state index contributed by atoms with van der Waals surface area (Å²) in [5.74, 6) is -1.73. The summed E-state index contributed by atoms with van der Waals surface area (Å²) in [5.41, 5.74) is 0. The average Bonchev–Trinajstić information content (AvgIpc) is 2.12. The number of hydrogen-bond acceptors (Lipinski definition) is 6. The van der Waals surface area contributed by atoms with E-state index in [1.165, 1.54) is 0 Å². The Morgan fingerprint density at radius 2 is 1.50 bits per heavy atom. The molecule has 0 spiro atoms. The van der Waals surface area contributed by atoms with Crippen molar-refractivity contribution in [2.45, 2.75) is 24.4 Å². The van der Waals surface area contributed by atoms with Crippen LogP contribution >= 0.6 is 0 Å². The fourth-order valence-electron chi connectivity index (χ4n) is 0.668. The van der Waals surface area contributed by atoms with Crippen molar-refractivity contribution in [1.82, 2.24) is 0 Å². The van der Waals surface area contributed by atoms with E-state index in [4.69, 9.17) is 30.6 Å². The predicted octanol–water partition coefficient (Wildman–Crippen LogP) is -6.49. The van der Waals surface area contributed by atoms with E-state index in [9.17, 15) is 4.79 Å². The molecule has 0 saturated carbocycles. The van der Waals surface area contributed by atoms with Crippen LogP contribution in [0.25, 0.3) is 0 Å². The van der Waals surface area contributed by atoms with E-state index in [0.717, 1.165) is 0 Å². The van der Waals surface area contributed by atoms with Crippen molar-refractivity contribution in [2.24, 2.45) is 0 Å². The first-order valence-corrected chi connectivity index (χ1v) is 3.47. The van der Waals surface area contributed by atoms with Crippen LogP contribution in [-0.4, -0.2) is 67.6 Å². The van der Waals surface area contributed by atoms with Crippen molar-refractivity contribution in [3.63, 3.8) is 0 Å². The second-order valence-electron chi connectivity index (χ2n) is 2.51. The van der Waals surface area contributed by atoms with Gasteiger partial charge in [0.15, 0.2) is 6.10 Å². The van der Waals surface area contributed by atoms with Gasteiger partial charge in [-0.1, -0.05) is 0 Å². The molecule has 0 aliphatic heterocycles. The molecule has 0 amide bonds.